The lowest BCUT2D eigenvalue weighted by molar-refractivity contribution is 0.171. The molecule has 0 bridgehead atoms. The lowest BCUT2D eigenvalue weighted by Crippen LogP contribution is -2.02. The van der Waals surface area contributed by atoms with E-state index in [9.17, 15) is 0 Å². The maximum absolute atomic E-state index is 5.47. The van der Waals surface area contributed by atoms with Crippen LogP contribution >= 0.6 is 0 Å². The van der Waals surface area contributed by atoms with E-state index in [4.69, 9.17) is 14.2 Å². The van der Waals surface area contributed by atoms with Gasteiger partial charge in [0.1, 0.15) is 11.5 Å². The van der Waals surface area contributed by atoms with Crippen LogP contribution in [0, 0.1) is 0 Å². The van der Waals surface area contributed by atoms with Gasteiger partial charge in [-0.3, -0.25) is 9.97 Å². The monoisotopic (exact) mass is 414 g/mol. The summed E-state index contributed by atoms with van der Waals surface area (Å²) in [4.78, 5) is 17.7. The van der Waals surface area contributed by atoms with Gasteiger partial charge in [0.25, 0.3) is 0 Å². The second-order valence-corrected chi connectivity index (χ2v) is 6.54. The van der Waals surface area contributed by atoms with Crippen LogP contribution in [0.3, 0.4) is 0 Å². The number of hydrogen-bond acceptors (Lipinski definition) is 9. The standard InChI is InChI=1S/C22H18N6O3/c1-29-17-11-14(12-18-21(17)31-13-30-18)26-22-25-10-7-19(28-22)27-16-6-4-9-24-20(16)15-5-2-3-8-23-15/h2-12H,13H2,1H3,(H2,25,26,27,28). The number of aromatic nitrogens is 4. The third-order valence-electron chi connectivity index (χ3n) is 4.55. The summed E-state index contributed by atoms with van der Waals surface area (Å²) in [5, 5.41) is 6.47. The smallest absolute Gasteiger partial charge is 0.231 e. The lowest BCUT2D eigenvalue weighted by atomic mass is 10.2. The van der Waals surface area contributed by atoms with Gasteiger partial charge in [-0.05, 0) is 30.3 Å². The van der Waals surface area contributed by atoms with Crippen molar-refractivity contribution in [3.05, 3.63) is 67.1 Å². The summed E-state index contributed by atoms with van der Waals surface area (Å²) in [6.45, 7) is 0.161. The highest BCUT2D eigenvalue weighted by Crippen LogP contribution is 2.43. The van der Waals surface area contributed by atoms with Crippen LogP contribution in [0.2, 0.25) is 0 Å². The molecule has 4 aromatic rings. The van der Waals surface area contributed by atoms with E-state index in [-0.39, 0.29) is 6.79 Å². The Morgan fingerprint density at radius 2 is 1.84 bits per heavy atom. The predicted octanol–water partition coefficient (Wildman–Crippen LogP) is 4.16. The molecular formula is C22H18N6O3. The maximum atomic E-state index is 5.47. The molecule has 1 aliphatic heterocycles. The predicted molar refractivity (Wildman–Crippen MR) is 115 cm³/mol. The van der Waals surface area contributed by atoms with Gasteiger partial charge in [0.2, 0.25) is 18.5 Å². The summed E-state index contributed by atoms with van der Waals surface area (Å²) in [7, 11) is 1.58. The number of nitrogens with zero attached hydrogens (tertiary/aromatic N) is 4. The van der Waals surface area contributed by atoms with Gasteiger partial charge in [0.05, 0.1) is 18.5 Å². The average Bonchev–Trinajstić information content (AvgIpc) is 3.28. The topological polar surface area (TPSA) is 103 Å². The van der Waals surface area contributed by atoms with Crippen molar-refractivity contribution >= 4 is 23.1 Å². The van der Waals surface area contributed by atoms with Gasteiger partial charge in [0, 0.05) is 36.4 Å². The number of benzene rings is 1. The Bertz CT molecular complexity index is 1220. The summed E-state index contributed by atoms with van der Waals surface area (Å²) < 4.78 is 16.3. The van der Waals surface area contributed by atoms with Gasteiger partial charge in [-0.2, -0.15) is 4.98 Å². The SMILES string of the molecule is COc1cc(Nc2nccc(Nc3cccnc3-c3ccccn3)n2)cc2c1OCO2. The van der Waals surface area contributed by atoms with E-state index < -0.39 is 0 Å². The zero-order valence-electron chi connectivity index (χ0n) is 16.6. The fourth-order valence-electron chi connectivity index (χ4n) is 3.17. The normalized spacial score (nSPS) is 11.8. The molecule has 0 fully saturated rings. The van der Waals surface area contributed by atoms with Gasteiger partial charge < -0.3 is 24.8 Å². The summed E-state index contributed by atoms with van der Waals surface area (Å²) in [6, 6.07) is 14.9. The van der Waals surface area contributed by atoms with Crippen molar-refractivity contribution < 1.29 is 14.2 Å². The summed E-state index contributed by atoms with van der Waals surface area (Å²) in [5.74, 6) is 2.78. The third-order valence-corrected chi connectivity index (χ3v) is 4.55. The highest BCUT2D eigenvalue weighted by atomic mass is 16.7. The summed E-state index contributed by atoms with van der Waals surface area (Å²) in [6.07, 6.45) is 5.13. The minimum atomic E-state index is 0.161. The molecule has 9 nitrogen and oxygen atoms in total. The summed E-state index contributed by atoms with van der Waals surface area (Å²) in [5.41, 5.74) is 3.01. The van der Waals surface area contributed by atoms with Gasteiger partial charge >= 0.3 is 0 Å². The highest BCUT2D eigenvalue weighted by molar-refractivity contribution is 5.75. The van der Waals surface area contributed by atoms with E-state index >= 15 is 0 Å². The number of pyridine rings is 2. The minimum absolute atomic E-state index is 0.161. The van der Waals surface area contributed by atoms with E-state index in [0.29, 0.717) is 34.7 Å². The largest absolute Gasteiger partial charge is 0.493 e. The van der Waals surface area contributed by atoms with Crippen LogP contribution in [0.1, 0.15) is 0 Å². The molecule has 0 aliphatic carbocycles. The van der Waals surface area contributed by atoms with Gasteiger partial charge in [-0.1, -0.05) is 6.07 Å². The van der Waals surface area contributed by atoms with Crippen molar-refractivity contribution in [2.75, 3.05) is 24.5 Å². The molecule has 0 amide bonds. The first-order valence-corrected chi connectivity index (χ1v) is 9.51. The highest BCUT2D eigenvalue weighted by Gasteiger charge is 2.20. The van der Waals surface area contributed by atoms with Crippen LogP contribution in [0.25, 0.3) is 11.4 Å². The Hall–Kier alpha value is -4.40. The maximum Gasteiger partial charge on any atom is 0.231 e. The number of fused-ring (bicyclic) bond motifs is 1. The fourth-order valence-corrected chi connectivity index (χ4v) is 3.17. The first-order chi connectivity index (χ1) is 15.3. The lowest BCUT2D eigenvalue weighted by Gasteiger charge is -2.12. The molecule has 2 N–H and O–H groups in total. The zero-order chi connectivity index (χ0) is 21.0. The van der Waals surface area contributed by atoms with E-state index in [2.05, 4.69) is 30.6 Å². The summed E-state index contributed by atoms with van der Waals surface area (Å²) >= 11 is 0. The first-order valence-electron chi connectivity index (χ1n) is 9.51. The number of methoxy groups -OCH3 is 1. The Morgan fingerprint density at radius 3 is 2.71 bits per heavy atom. The Balaban J connectivity index is 1.40. The van der Waals surface area contributed by atoms with E-state index in [1.54, 1.807) is 37.8 Å². The van der Waals surface area contributed by atoms with Crippen molar-refractivity contribution in [2.24, 2.45) is 0 Å². The molecule has 0 saturated heterocycles. The fraction of sp³-hybridized carbons (Fsp3) is 0.0909. The molecule has 0 radical (unpaired) electrons. The number of ether oxygens (including phenoxy) is 3. The molecule has 4 heterocycles. The average molecular weight is 414 g/mol. The molecule has 31 heavy (non-hydrogen) atoms. The van der Waals surface area contributed by atoms with E-state index in [0.717, 1.165) is 17.1 Å². The van der Waals surface area contributed by atoms with Crippen molar-refractivity contribution in [3.8, 4) is 28.6 Å². The van der Waals surface area contributed by atoms with Gasteiger partial charge in [-0.15, -0.1) is 0 Å². The Kier molecular flexibility index (Phi) is 4.89. The Labute approximate surface area is 178 Å². The third kappa shape index (κ3) is 3.88. The van der Waals surface area contributed by atoms with Crippen molar-refractivity contribution in [1.29, 1.82) is 0 Å². The quantitative estimate of drug-likeness (QED) is 0.481. The molecular weight excluding hydrogens is 396 g/mol. The van der Waals surface area contributed by atoms with Crippen molar-refractivity contribution in [1.82, 2.24) is 19.9 Å². The molecule has 3 aromatic heterocycles. The number of nitrogens with one attached hydrogen (secondary N) is 2. The molecule has 5 rings (SSSR count). The molecule has 0 spiro atoms. The molecule has 0 unspecified atom stereocenters. The van der Waals surface area contributed by atoms with Crippen LogP contribution in [0.5, 0.6) is 17.2 Å². The molecule has 0 saturated carbocycles. The Morgan fingerprint density at radius 1 is 0.903 bits per heavy atom. The van der Waals surface area contributed by atoms with Gasteiger partial charge in [-0.25, -0.2) is 4.98 Å². The second kappa shape index (κ2) is 8.15. The van der Waals surface area contributed by atoms with Gasteiger partial charge in [0.15, 0.2) is 11.5 Å². The minimum Gasteiger partial charge on any atom is -0.493 e. The second-order valence-electron chi connectivity index (χ2n) is 6.54. The van der Waals surface area contributed by atoms with E-state index in [1.165, 1.54) is 0 Å². The molecule has 1 aliphatic rings. The van der Waals surface area contributed by atoms with Crippen molar-refractivity contribution in [3.63, 3.8) is 0 Å². The zero-order valence-corrected chi connectivity index (χ0v) is 16.6. The van der Waals surface area contributed by atoms with Crippen molar-refractivity contribution in [2.45, 2.75) is 0 Å². The molecule has 9 heteroatoms. The number of rotatable bonds is 6. The number of anilines is 4. The first kappa shape index (κ1) is 18.6. The van der Waals surface area contributed by atoms with Crippen LogP contribution in [0.15, 0.2) is 67.1 Å². The van der Waals surface area contributed by atoms with Crippen LogP contribution < -0.4 is 24.8 Å². The van der Waals surface area contributed by atoms with Crippen LogP contribution in [-0.4, -0.2) is 33.8 Å². The van der Waals surface area contributed by atoms with E-state index in [1.807, 2.05) is 36.4 Å². The molecule has 154 valence electrons. The van der Waals surface area contributed by atoms with Crippen LogP contribution in [-0.2, 0) is 0 Å². The number of hydrogen-bond donors (Lipinski definition) is 2. The molecule has 1 aromatic carbocycles. The molecule has 0 atom stereocenters. The van der Waals surface area contributed by atoms with Crippen LogP contribution in [0.4, 0.5) is 23.1 Å².